The van der Waals surface area contributed by atoms with Crippen molar-refractivity contribution < 1.29 is 13.2 Å². The van der Waals surface area contributed by atoms with Crippen LogP contribution in [-0.4, -0.2) is 41.7 Å². The highest BCUT2D eigenvalue weighted by Crippen LogP contribution is 2.23. The zero-order valence-corrected chi connectivity index (χ0v) is 20.0. The molecule has 4 aromatic rings. The lowest BCUT2D eigenvalue weighted by molar-refractivity contribution is 0.0963. The molecule has 2 aromatic carbocycles. The number of carbonyl (C=O) groups excluding carboxylic acids is 1. The van der Waals surface area contributed by atoms with E-state index in [9.17, 15) is 13.2 Å². The summed E-state index contributed by atoms with van der Waals surface area (Å²) in [5.74, 6) is 0.258. The summed E-state index contributed by atoms with van der Waals surface area (Å²) < 4.78 is 28.9. The molecule has 0 aliphatic carbocycles. The summed E-state index contributed by atoms with van der Waals surface area (Å²) in [6.07, 6.45) is 3.64. The summed E-state index contributed by atoms with van der Waals surface area (Å²) in [6.45, 7) is 4.01. The molecule has 34 heavy (non-hydrogen) atoms. The molecule has 0 bridgehead atoms. The van der Waals surface area contributed by atoms with Gasteiger partial charge < -0.3 is 15.2 Å². The van der Waals surface area contributed by atoms with Crippen molar-refractivity contribution in [3.05, 3.63) is 77.6 Å². The quantitative estimate of drug-likeness (QED) is 0.356. The number of nitrogens with zero attached hydrogens (tertiary/aromatic N) is 3. The number of amides is 1. The van der Waals surface area contributed by atoms with Gasteiger partial charge >= 0.3 is 0 Å². The molecule has 0 saturated heterocycles. The Morgan fingerprint density at radius 2 is 1.85 bits per heavy atom. The van der Waals surface area contributed by atoms with Gasteiger partial charge in [0, 0.05) is 36.1 Å². The molecule has 0 atom stereocenters. The van der Waals surface area contributed by atoms with E-state index in [1.165, 1.54) is 0 Å². The topological polar surface area (TPSA) is 118 Å². The number of sulfonamides is 1. The Balaban J connectivity index is 1.61. The molecule has 0 spiro atoms. The van der Waals surface area contributed by atoms with Crippen molar-refractivity contribution >= 4 is 44.3 Å². The number of rotatable bonds is 8. The summed E-state index contributed by atoms with van der Waals surface area (Å²) in [6, 6.07) is 14.6. The number of aromatic nitrogens is 3. The highest BCUT2D eigenvalue weighted by atomic mass is 32.2. The fourth-order valence-corrected chi connectivity index (χ4v) is 4.19. The third kappa shape index (κ3) is 5.18. The third-order valence-electron chi connectivity index (χ3n) is 5.38. The summed E-state index contributed by atoms with van der Waals surface area (Å²) in [4.78, 5) is 20.8. The van der Waals surface area contributed by atoms with E-state index in [1.807, 2.05) is 35.9 Å². The molecule has 2 heterocycles. The van der Waals surface area contributed by atoms with Crippen molar-refractivity contribution in [2.45, 2.75) is 20.4 Å². The van der Waals surface area contributed by atoms with E-state index in [0.29, 0.717) is 29.4 Å². The number of aryl methyl sites for hydroxylation is 1. The SMILES string of the molecule is CCS(=O)(=O)Nc1ccc(C)cc1Cn1ccc2cnc(Nc3ccc(C(=O)NC)cc3)nc21. The second-order valence-corrected chi connectivity index (χ2v) is 9.87. The molecule has 0 fully saturated rings. The van der Waals surface area contributed by atoms with Crippen LogP contribution in [0.5, 0.6) is 0 Å². The maximum absolute atomic E-state index is 12.1. The Kier molecular flexibility index (Phi) is 6.51. The van der Waals surface area contributed by atoms with E-state index in [4.69, 9.17) is 0 Å². The second kappa shape index (κ2) is 9.52. The van der Waals surface area contributed by atoms with Gasteiger partial charge in [-0.3, -0.25) is 9.52 Å². The van der Waals surface area contributed by atoms with Crippen molar-refractivity contribution in [2.75, 3.05) is 22.8 Å². The van der Waals surface area contributed by atoms with Crippen molar-refractivity contribution in [3.8, 4) is 0 Å². The second-order valence-electron chi connectivity index (χ2n) is 7.86. The molecule has 0 aliphatic rings. The van der Waals surface area contributed by atoms with Crippen LogP contribution in [0.15, 0.2) is 60.9 Å². The predicted octanol–water partition coefficient (Wildman–Crippen LogP) is 3.65. The molecule has 2 aromatic heterocycles. The maximum atomic E-state index is 12.1. The highest BCUT2D eigenvalue weighted by molar-refractivity contribution is 7.92. The summed E-state index contributed by atoms with van der Waals surface area (Å²) in [5, 5.41) is 6.62. The van der Waals surface area contributed by atoms with Gasteiger partial charge in [0.25, 0.3) is 5.91 Å². The van der Waals surface area contributed by atoms with Crippen molar-refractivity contribution in [2.24, 2.45) is 0 Å². The van der Waals surface area contributed by atoms with Gasteiger partial charge in [-0.2, -0.15) is 4.98 Å². The van der Waals surface area contributed by atoms with Crippen LogP contribution in [0.4, 0.5) is 17.3 Å². The number of fused-ring (bicyclic) bond motifs is 1. The molecule has 0 saturated carbocycles. The number of hydrogen-bond acceptors (Lipinski definition) is 6. The molecule has 10 heteroatoms. The van der Waals surface area contributed by atoms with Crippen molar-refractivity contribution in [1.29, 1.82) is 0 Å². The molecule has 9 nitrogen and oxygen atoms in total. The predicted molar refractivity (Wildman–Crippen MR) is 134 cm³/mol. The van der Waals surface area contributed by atoms with Gasteiger partial charge in [0.2, 0.25) is 16.0 Å². The van der Waals surface area contributed by atoms with Gasteiger partial charge in [0.15, 0.2) is 0 Å². The monoisotopic (exact) mass is 478 g/mol. The van der Waals surface area contributed by atoms with Crippen LogP contribution in [0.25, 0.3) is 11.0 Å². The fraction of sp³-hybridized carbons (Fsp3) is 0.208. The van der Waals surface area contributed by atoms with E-state index in [2.05, 4.69) is 25.3 Å². The lowest BCUT2D eigenvalue weighted by atomic mass is 10.1. The Labute approximate surface area is 198 Å². The standard InChI is InChI=1S/C24H26N6O3S/c1-4-34(32,33)29-21-10-5-16(2)13-19(21)15-30-12-11-18-14-26-24(28-22(18)30)27-20-8-6-17(7-9-20)23(31)25-3/h5-14,29H,4,15H2,1-3H3,(H,25,31)(H,26,27,28). The largest absolute Gasteiger partial charge is 0.355 e. The molecule has 3 N–H and O–H groups in total. The van der Waals surface area contributed by atoms with E-state index < -0.39 is 10.0 Å². The van der Waals surface area contributed by atoms with Crippen LogP contribution in [-0.2, 0) is 16.6 Å². The summed E-state index contributed by atoms with van der Waals surface area (Å²) >= 11 is 0. The smallest absolute Gasteiger partial charge is 0.251 e. The molecular weight excluding hydrogens is 452 g/mol. The minimum Gasteiger partial charge on any atom is -0.355 e. The van der Waals surface area contributed by atoms with Gasteiger partial charge in [-0.1, -0.05) is 17.7 Å². The molecule has 1 amide bonds. The van der Waals surface area contributed by atoms with E-state index in [0.717, 1.165) is 22.2 Å². The van der Waals surface area contributed by atoms with Crippen molar-refractivity contribution in [3.63, 3.8) is 0 Å². The van der Waals surface area contributed by atoms with Crippen LogP contribution in [0.3, 0.4) is 0 Å². The van der Waals surface area contributed by atoms with E-state index in [-0.39, 0.29) is 11.7 Å². The first-order chi connectivity index (χ1) is 16.3. The normalized spacial score (nSPS) is 11.4. The zero-order valence-electron chi connectivity index (χ0n) is 19.2. The average Bonchev–Trinajstić information content (AvgIpc) is 3.22. The minimum atomic E-state index is -3.40. The van der Waals surface area contributed by atoms with Gasteiger partial charge in [0.05, 0.1) is 18.0 Å². The average molecular weight is 479 g/mol. The molecule has 0 aliphatic heterocycles. The third-order valence-corrected chi connectivity index (χ3v) is 6.67. The van der Waals surface area contributed by atoms with Crippen LogP contribution in [0.1, 0.15) is 28.4 Å². The fourth-order valence-electron chi connectivity index (χ4n) is 3.51. The van der Waals surface area contributed by atoms with Gasteiger partial charge in [0.1, 0.15) is 5.65 Å². The van der Waals surface area contributed by atoms with Crippen LogP contribution < -0.4 is 15.4 Å². The van der Waals surface area contributed by atoms with Crippen LogP contribution in [0, 0.1) is 6.92 Å². The Hall–Kier alpha value is -3.92. The highest BCUT2D eigenvalue weighted by Gasteiger charge is 2.13. The van der Waals surface area contributed by atoms with Gasteiger partial charge in [-0.25, -0.2) is 13.4 Å². The van der Waals surface area contributed by atoms with E-state index in [1.54, 1.807) is 50.5 Å². The van der Waals surface area contributed by atoms with Crippen molar-refractivity contribution in [1.82, 2.24) is 19.9 Å². The summed E-state index contributed by atoms with van der Waals surface area (Å²) in [5.41, 5.74) is 4.45. The maximum Gasteiger partial charge on any atom is 0.251 e. The Morgan fingerprint density at radius 3 is 2.56 bits per heavy atom. The number of hydrogen-bond donors (Lipinski definition) is 3. The first-order valence-corrected chi connectivity index (χ1v) is 12.4. The number of carbonyl (C=O) groups is 1. The molecule has 0 unspecified atom stereocenters. The van der Waals surface area contributed by atoms with Gasteiger partial charge in [-0.15, -0.1) is 0 Å². The molecule has 176 valence electrons. The zero-order chi connectivity index (χ0) is 24.3. The molecule has 0 radical (unpaired) electrons. The minimum absolute atomic E-state index is 0.000875. The number of anilines is 3. The first kappa shape index (κ1) is 23.2. The lowest BCUT2D eigenvalue weighted by Gasteiger charge is -2.14. The summed E-state index contributed by atoms with van der Waals surface area (Å²) in [7, 11) is -1.81. The molecule has 4 rings (SSSR count). The number of benzene rings is 2. The first-order valence-electron chi connectivity index (χ1n) is 10.8. The number of nitrogens with one attached hydrogen (secondary N) is 3. The Morgan fingerprint density at radius 1 is 1.09 bits per heavy atom. The lowest BCUT2D eigenvalue weighted by Crippen LogP contribution is -2.17. The van der Waals surface area contributed by atoms with Crippen LogP contribution in [0.2, 0.25) is 0 Å². The van der Waals surface area contributed by atoms with E-state index >= 15 is 0 Å². The van der Waals surface area contributed by atoms with Gasteiger partial charge in [-0.05, 0) is 55.8 Å². The van der Waals surface area contributed by atoms with Crippen LogP contribution >= 0.6 is 0 Å². The Bertz CT molecular complexity index is 1450. The molecular formula is C24H26N6O3S.